The lowest BCUT2D eigenvalue weighted by Crippen LogP contribution is -2.10. The molecule has 2 heteroatoms. The van der Waals surface area contributed by atoms with Gasteiger partial charge in [-0.3, -0.25) is 0 Å². The summed E-state index contributed by atoms with van der Waals surface area (Å²) < 4.78 is 82.4. The Bertz CT molecular complexity index is 3150. The highest BCUT2D eigenvalue weighted by Gasteiger charge is 2.20. The Kier molecular flexibility index (Phi) is 4.91. The van der Waals surface area contributed by atoms with Crippen LogP contribution in [0.5, 0.6) is 0 Å². The monoisotopic (exact) mass is 645 g/mol. The van der Waals surface area contributed by atoms with Crippen LogP contribution < -0.4 is 4.90 Å². The van der Waals surface area contributed by atoms with Crippen LogP contribution in [0.4, 0.5) is 17.1 Å². The van der Waals surface area contributed by atoms with Gasteiger partial charge in [0.2, 0.25) is 0 Å². The van der Waals surface area contributed by atoms with Crippen LogP contribution in [0, 0.1) is 0 Å². The summed E-state index contributed by atoms with van der Waals surface area (Å²) in [5, 5.41) is 6.75. The van der Waals surface area contributed by atoms with Crippen molar-refractivity contribution in [3.8, 4) is 22.3 Å². The van der Waals surface area contributed by atoms with Gasteiger partial charge in [-0.15, -0.1) is 0 Å². The van der Waals surface area contributed by atoms with Crippen molar-refractivity contribution in [2.24, 2.45) is 0 Å². The molecule has 0 saturated carbocycles. The van der Waals surface area contributed by atoms with Gasteiger partial charge in [-0.05, 0) is 104 Å². The van der Waals surface area contributed by atoms with E-state index in [9.17, 15) is 11.0 Å². The molecule has 0 saturated heterocycles. The third-order valence-corrected chi connectivity index (χ3v) is 9.35. The van der Waals surface area contributed by atoms with Crippen LogP contribution in [-0.4, -0.2) is 0 Å². The Morgan fingerprint density at radius 3 is 1.52 bits per heavy atom. The molecule has 10 rings (SSSR count). The average Bonchev–Trinajstić information content (AvgIpc) is 3.64. The molecule has 0 radical (unpaired) electrons. The topological polar surface area (TPSA) is 16.4 Å². The highest BCUT2D eigenvalue weighted by Crippen LogP contribution is 2.45. The van der Waals surface area contributed by atoms with Gasteiger partial charge in [0.15, 0.2) is 0 Å². The van der Waals surface area contributed by atoms with Gasteiger partial charge in [-0.2, -0.15) is 0 Å². The number of hydrogen-bond acceptors (Lipinski definition) is 2. The number of hydrogen-bond donors (Lipinski definition) is 0. The van der Waals surface area contributed by atoms with Crippen molar-refractivity contribution in [2.75, 3.05) is 4.90 Å². The Labute approximate surface area is 301 Å². The summed E-state index contributed by atoms with van der Waals surface area (Å²) in [5.74, 6) is 0. The van der Waals surface area contributed by atoms with Crippen molar-refractivity contribution in [2.45, 2.75) is 0 Å². The third kappa shape index (κ3) is 4.73. The molecule has 0 fully saturated rings. The number of rotatable bonds is 5. The highest BCUT2D eigenvalue weighted by molar-refractivity contribution is 6.19. The molecular weight excluding hydrogens is 607 g/mol. The molecule has 9 aromatic carbocycles. The fourth-order valence-electron chi connectivity index (χ4n) is 6.89. The third-order valence-electron chi connectivity index (χ3n) is 9.35. The van der Waals surface area contributed by atoms with Crippen LogP contribution in [-0.2, 0) is 0 Å². The predicted molar refractivity (Wildman–Crippen MR) is 212 cm³/mol. The fourth-order valence-corrected chi connectivity index (χ4v) is 6.89. The standard InChI is InChI=1S/C48H31NO/c1-3-11-37-30-39(18-16-32(37)8-1)34-20-25-41(26-21-34)49(42-27-22-35(23-28-42)40-19-17-33-9-2-4-12-38(33)31-40)45-14-7-15-46-47(45)44-29-24-36-10-5-6-13-43(36)48(44)50-46/h1-31H/i20D,21D,22D,23D,25D,26D,27D,28D. The van der Waals surface area contributed by atoms with Crippen molar-refractivity contribution in [3.63, 3.8) is 0 Å². The van der Waals surface area contributed by atoms with E-state index in [1.54, 1.807) is 30.3 Å². The minimum atomic E-state index is -0.408. The van der Waals surface area contributed by atoms with Crippen molar-refractivity contribution >= 4 is 71.3 Å². The molecule has 10 aromatic rings. The van der Waals surface area contributed by atoms with Crippen molar-refractivity contribution in [1.29, 1.82) is 0 Å². The van der Waals surface area contributed by atoms with Crippen LogP contribution in [0.15, 0.2) is 192 Å². The van der Waals surface area contributed by atoms with E-state index in [0.717, 1.165) is 32.3 Å². The minimum absolute atomic E-state index is 0.106. The van der Waals surface area contributed by atoms with Crippen LogP contribution in [0.2, 0.25) is 0 Å². The molecular formula is C48H31NO. The maximum atomic E-state index is 9.59. The van der Waals surface area contributed by atoms with E-state index in [4.69, 9.17) is 4.42 Å². The van der Waals surface area contributed by atoms with E-state index in [0.29, 0.717) is 38.8 Å². The molecule has 0 spiro atoms. The van der Waals surface area contributed by atoms with Gasteiger partial charge in [-0.25, -0.2) is 0 Å². The van der Waals surface area contributed by atoms with E-state index in [-0.39, 0.29) is 46.7 Å². The molecule has 2 nitrogen and oxygen atoms in total. The summed E-state index contributed by atoms with van der Waals surface area (Å²) in [6.45, 7) is 0. The van der Waals surface area contributed by atoms with Gasteiger partial charge >= 0.3 is 0 Å². The summed E-state index contributed by atoms with van der Waals surface area (Å²) in [5.41, 5.74) is 2.15. The molecule has 1 aromatic heterocycles. The zero-order chi connectivity index (χ0) is 40.0. The van der Waals surface area contributed by atoms with Crippen LogP contribution >= 0.6 is 0 Å². The number of benzene rings is 9. The molecule has 0 N–H and O–H groups in total. The van der Waals surface area contributed by atoms with Crippen LogP contribution in [0.3, 0.4) is 0 Å². The Morgan fingerprint density at radius 2 is 0.920 bits per heavy atom. The Hall–Kier alpha value is -6.64. The van der Waals surface area contributed by atoms with E-state index in [1.807, 2.05) is 109 Å². The number of nitrogens with zero attached hydrogens (tertiary/aromatic N) is 1. The molecule has 0 aliphatic heterocycles. The maximum Gasteiger partial charge on any atom is 0.143 e. The second-order valence-corrected chi connectivity index (χ2v) is 12.3. The Morgan fingerprint density at radius 1 is 0.400 bits per heavy atom. The normalized spacial score (nSPS) is 13.8. The second-order valence-electron chi connectivity index (χ2n) is 12.3. The summed E-state index contributed by atoms with van der Waals surface area (Å²) in [6, 6.07) is 40.5. The summed E-state index contributed by atoms with van der Waals surface area (Å²) >= 11 is 0. The zero-order valence-electron chi connectivity index (χ0n) is 34.6. The molecule has 0 atom stereocenters. The smallest absolute Gasteiger partial charge is 0.143 e. The minimum Gasteiger partial charge on any atom is -0.455 e. The van der Waals surface area contributed by atoms with Gasteiger partial charge in [0, 0.05) is 22.1 Å². The lowest BCUT2D eigenvalue weighted by molar-refractivity contribution is 0.672. The predicted octanol–water partition coefficient (Wildman–Crippen LogP) is 13.8. The van der Waals surface area contributed by atoms with E-state index < -0.39 is 24.2 Å². The van der Waals surface area contributed by atoms with Gasteiger partial charge in [0.05, 0.1) is 22.0 Å². The quantitative estimate of drug-likeness (QED) is 0.185. The summed E-state index contributed by atoms with van der Waals surface area (Å²) in [6.07, 6.45) is 0. The first-order chi connectivity index (χ1) is 28.1. The first-order valence-electron chi connectivity index (χ1n) is 20.4. The number of anilines is 3. The first-order valence-corrected chi connectivity index (χ1v) is 16.4. The zero-order valence-corrected chi connectivity index (χ0v) is 26.6. The lowest BCUT2D eigenvalue weighted by Gasteiger charge is -2.26. The number of furan rings is 1. The van der Waals surface area contributed by atoms with Gasteiger partial charge in [0.25, 0.3) is 0 Å². The van der Waals surface area contributed by atoms with Gasteiger partial charge in [0.1, 0.15) is 11.2 Å². The average molecular weight is 646 g/mol. The molecule has 0 bridgehead atoms. The Balaban J connectivity index is 1.28. The van der Waals surface area contributed by atoms with Crippen molar-refractivity contribution in [1.82, 2.24) is 0 Å². The van der Waals surface area contributed by atoms with Crippen LogP contribution in [0.25, 0.3) is 76.5 Å². The molecule has 0 aliphatic rings. The van der Waals surface area contributed by atoms with Gasteiger partial charge < -0.3 is 9.32 Å². The first kappa shape index (κ1) is 21.4. The largest absolute Gasteiger partial charge is 0.455 e. The second kappa shape index (κ2) is 11.5. The molecule has 0 unspecified atom stereocenters. The lowest BCUT2D eigenvalue weighted by atomic mass is 9.99. The van der Waals surface area contributed by atoms with Crippen molar-refractivity contribution < 1.29 is 15.4 Å². The molecule has 0 aliphatic carbocycles. The summed E-state index contributed by atoms with van der Waals surface area (Å²) in [7, 11) is 0. The SMILES string of the molecule is [2H]c1c([2H])c(N(c2c([2H])c([2H])c(-c3ccc4ccccc4c3)c([2H])c2[2H])c2cccc3oc4c5ccccc5ccc4c23)c([2H])c([2H])c1-c1ccc2ccccc2c1. The van der Waals surface area contributed by atoms with Gasteiger partial charge in [-0.1, -0.05) is 133 Å². The molecule has 234 valence electrons. The van der Waals surface area contributed by atoms with Crippen molar-refractivity contribution in [3.05, 3.63) is 188 Å². The maximum absolute atomic E-state index is 9.59. The number of fused-ring (bicyclic) bond motifs is 7. The van der Waals surface area contributed by atoms with E-state index in [2.05, 4.69) is 0 Å². The highest BCUT2D eigenvalue weighted by atomic mass is 16.3. The fraction of sp³-hybridized carbons (Fsp3) is 0. The van der Waals surface area contributed by atoms with E-state index >= 15 is 0 Å². The molecule has 1 heterocycles. The summed E-state index contributed by atoms with van der Waals surface area (Å²) in [4.78, 5) is 1.36. The molecule has 0 amide bonds. The molecule has 50 heavy (non-hydrogen) atoms. The van der Waals surface area contributed by atoms with E-state index in [1.165, 1.54) is 4.90 Å². The van der Waals surface area contributed by atoms with Crippen LogP contribution in [0.1, 0.15) is 11.0 Å².